The van der Waals surface area contributed by atoms with Gasteiger partial charge in [0.15, 0.2) is 5.69 Å². The Morgan fingerprint density at radius 2 is 1.61 bits per heavy atom. The molecule has 0 unspecified atom stereocenters. The van der Waals surface area contributed by atoms with Crippen molar-refractivity contribution >= 4 is 22.6 Å². The predicted octanol–water partition coefficient (Wildman–Crippen LogP) is 3.33. The maximum absolute atomic E-state index is 13.3. The Morgan fingerprint density at radius 1 is 0.968 bits per heavy atom. The Balaban J connectivity index is 1.72. The number of likely N-dealkylation sites (tertiary alicyclic amines) is 1. The van der Waals surface area contributed by atoms with E-state index in [2.05, 4.69) is 5.10 Å². The third-order valence-corrected chi connectivity index (χ3v) is 5.58. The molecule has 0 radical (unpaired) electrons. The van der Waals surface area contributed by atoms with E-state index in [1.807, 2.05) is 18.2 Å². The third-order valence-electron chi connectivity index (χ3n) is 5.58. The Bertz CT molecular complexity index is 1150. The molecule has 1 amide bonds. The van der Waals surface area contributed by atoms with E-state index in [1.165, 1.54) is 4.68 Å². The van der Waals surface area contributed by atoms with E-state index >= 15 is 0 Å². The molecular formula is C24H25N3O4. The molecular weight excluding hydrogens is 394 g/mol. The molecule has 7 heteroatoms. The molecule has 0 aliphatic carbocycles. The van der Waals surface area contributed by atoms with Gasteiger partial charge in [-0.25, -0.2) is 9.48 Å². The highest BCUT2D eigenvalue weighted by atomic mass is 16.5. The number of piperidine rings is 1. The average Bonchev–Trinajstić information content (AvgIpc) is 2.83. The molecule has 1 saturated heterocycles. The van der Waals surface area contributed by atoms with E-state index in [1.54, 1.807) is 48.2 Å². The van der Waals surface area contributed by atoms with E-state index in [-0.39, 0.29) is 17.2 Å². The van der Waals surface area contributed by atoms with Gasteiger partial charge in [-0.3, -0.25) is 9.59 Å². The molecule has 2 aromatic carbocycles. The first-order valence-corrected chi connectivity index (χ1v) is 10.6. The van der Waals surface area contributed by atoms with Crippen molar-refractivity contribution in [2.24, 2.45) is 0 Å². The highest BCUT2D eigenvalue weighted by Crippen LogP contribution is 2.25. The molecule has 1 aliphatic heterocycles. The van der Waals surface area contributed by atoms with Crippen molar-refractivity contribution in [3.63, 3.8) is 0 Å². The number of ether oxygens (including phenoxy) is 1. The van der Waals surface area contributed by atoms with Crippen LogP contribution in [0.15, 0.2) is 59.4 Å². The molecule has 3 aromatic rings. The van der Waals surface area contributed by atoms with Crippen LogP contribution >= 0.6 is 0 Å². The summed E-state index contributed by atoms with van der Waals surface area (Å²) >= 11 is 0. The summed E-state index contributed by atoms with van der Waals surface area (Å²) in [4.78, 5) is 40.9. The van der Waals surface area contributed by atoms with Gasteiger partial charge in [-0.15, -0.1) is 0 Å². The van der Waals surface area contributed by atoms with Gasteiger partial charge < -0.3 is 9.64 Å². The second-order valence-corrected chi connectivity index (χ2v) is 7.60. The van der Waals surface area contributed by atoms with Crippen LogP contribution in [0.1, 0.15) is 48.3 Å². The topological polar surface area (TPSA) is 81.5 Å². The second kappa shape index (κ2) is 9.12. The minimum Gasteiger partial charge on any atom is -0.442 e. The number of rotatable bonds is 5. The molecule has 1 aromatic heterocycles. The van der Waals surface area contributed by atoms with E-state index < -0.39 is 12.1 Å². The van der Waals surface area contributed by atoms with Crippen LogP contribution in [0.3, 0.4) is 0 Å². The van der Waals surface area contributed by atoms with Crippen molar-refractivity contribution in [2.75, 3.05) is 13.1 Å². The van der Waals surface area contributed by atoms with E-state index in [0.717, 1.165) is 19.3 Å². The zero-order chi connectivity index (χ0) is 21.8. The minimum absolute atomic E-state index is 0.0319. The number of benzene rings is 2. The van der Waals surface area contributed by atoms with Crippen LogP contribution in [0.5, 0.6) is 0 Å². The second-order valence-electron chi connectivity index (χ2n) is 7.60. The van der Waals surface area contributed by atoms with Gasteiger partial charge in [0.25, 0.3) is 11.5 Å². The molecule has 0 bridgehead atoms. The number of aromatic nitrogens is 2. The largest absolute Gasteiger partial charge is 0.442 e. The predicted molar refractivity (Wildman–Crippen MR) is 117 cm³/mol. The molecule has 0 spiro atoms. The first kappa shape index (κ1) is 20.8. The van der Waals surface area contributed by atoms with Gasteiger partial charge in [0.05, 0.1) is 5.39 Å². The molecule has 0 N–H and O–H groups in total. The molecule has 1 fully saturated rings. The van der Waals surface area contributed by atoms with Crippen LogP contribution in [0.2, 0.25) is 0 Å². The normalized spacial score (nSPS) is 14.9. The Morgan fingerprint density at radius 3 is 2.29 bits per heavy atom. The van der Waals surface area contributed by atoms with E-state index in [4.69, 9.17) is 4.74 Å². The van der Waals surface area contributed by atoms with E-state index in [9.17, 15) is 14.4 Å². The number of esters is 1. The summed E-state index contributed by atoms with van der Waals surface area (Å²) in [6.45, 7) is 3.41. The molecule has 4 rings (SSSR count). The minimum atomic E-state index is -1.06. The zero-order valence-corrected chi connectivity index (χ0v) is 17.5. The number of nitrogens with zero attached hydrogens (tertiary/aromatic N) is 3. The Labute approximate surface area is 180 Å². The van der Waals surface area contributed by atoms with Crippen LogP contribution in [0.25, 0.3) is 10.8 Å². The number of hydrogen-bond acceptors (Lipinski definition) is 5. The van der Waals surface area contributed by atoms with Crippen molar-refractivity contribution in [1.82, 2.24) is 14.7 Å². The molecule has 2 heterocycles. The lowest BCUT2D eigenvalue weighted by atomic mass is 10.1. The number of amides is 1. The first-order chi connectivity index (χ1) is 15.1. The molecule has 31 heavy (non-hydrogen) atoms. The molecule has 160 valence electrons. The summed E-state index contributed by atoms with van der Waals surface area (Å²) in [6, 6.07) is 15.8. The van der Waals surface area contributed by atoms with Crippen LogP contribution < -0.4 is 5.56 Å². The van der Waals surface area contributed by atoms with Gasteiger partial charge in [0.2, 0.25) is 6.10 Å². The zero-order valence-electron chi connectivity index (χ0n) is 17.5. The summed E-state index contributed by atoms with van der Waals surface area (Å²) in [5.74, 6) is -0.954. The molecule has 0 saturated carbocycles. The van der Waals surface area contributed by atoms with Gasteiger partial charge in [0, 0.05) is 30.6 Å². The lowest BCUT2D eigenvalue weighted by Gasteiger charge is -2.30. The number of carbonyl (C=O) groups excluding carboxylic acids is 2. The fraction of sp³-hybridized carbons (Fsp3) is 0.333. The van der Waals surface area contributed by atoms with Gasteiger partial charge in [0.1, 0.15) is 0 Å². The fourth-order valence-corrected chi connectivity index (χ4v) is 3.93. The monoisotopic (exact) mass is 419 g/mol. The lowest BCUT2D eigenvalue weighted by Crippen LogP contribution is -2.40. The van der Waals surface area contributed by atoms with Crippen LogP contribution in [-0.4, -0.2) is 39.6 Å². The van der Waals surface area contributed by atoms with Gasteiger partial charge >= 0.3 is 5.97 Å². The fourth-order valence-electron chi connectivity index (χ4n) is 3.93. The number of carbonyl (C=O) groups is 2. The van der Waals surface area contributed by atoms with Gasteiger partial charge in [-0.2, -0.15) is 5.10 Å². The molecule has 7 nitrogen and oxygen atoms in total. The maximum Gasteiger partial charge on any atom is 0.360 e. The highest BCUT2D eigenvalue weighted by molar-refractivity contribution is 6.03. The number of aryl methyl sites for hydroxylation is 1. The Hall–Kier alpha value is -3.48. The average molecular weight is 419 g/mol. The SMILES string of the molecule is CCn1nc(C(=O)O[C@@H](C(=O)N2CCCCC2)c2ccccc2)c2ccccc2c1=O. The maximum atomic E-state index is 13.3. The summed E-state index contributed by atoms with van der Waals surface area (Å²) < 4.78 is 7.02. The third kappa shape index (κ3) is 4.21. The number of hydrogen-bond donors (Lipinski definition) is 0. The lowest BCUT2D eigenvalue weighted by molar-refractivity contribution is -0.142. The summed E-state index contributed by atoms with van der Waals surface area (Å²) in [5, 5.41) is 5.05. The molecule has 1 atom stereocenters. The summed E-state index contributed by atoms with van der Waals surface area (Å²) in [5.41, 5.74) is 0.377. The highest BCUT2D eigenvalue weighted by Gasteiger charge is 2.31. The first-order valence-electron chi connectivity index (χ1n) is 10.6. The van der Waals surface area contributed by atoms with Crippen molar-refractivity contribution in [3.8, 4) is 0 Å². The smallest absolute Gasteiger partial charge is 0.360 e. The van der Waals surface area contributed by atoms with Crippen molar-refractivity contribution in [2.45, 2.75) is 38.8 Å². The van der Waals surface area contributed by atoms with Gasteiger partial charge in [-0.05, 0) is 32.3 Å². The van der Waals surface area contributed by atoms with Crippen LogP contribution in [-0.2, 0) is 16.1 Å². The van der Waals surface area contributed by atoms with Crippen LogP contribution in [0, 0.1) is 0 Å². The number of fused-ring (bicyclic) bond motifs is 1. The quantitative estimate of drug-likeness (QED) is 0.593. The van der Waals surface area contributed by atoms with E-state index in [0.29, 0.717) is 36.0 Å². The Kier molecular flexibility index (Phi) is 6.11. The van der Waals surface area contributed by atoms with Crippen molar-refractivity contribution in [1.29, 1.82) is 0 Å². The summed E-state index contributed by atoms with van der Waals surface area (Å²) in [7, 11) is 0. The standard InChI is InChI=1S/C24H25N3O4/c1-2-27-22(28)19-14-8-7-13-18(19)20(25-27)24(30)31-21(17-11-5-3-6-12-17)23(29)26-15-9-4-10-16-26/h3,5-8,11-14,21H,2,4,9-10,15-16H2,1H3/t21-/m1/s1. The van der Waals surface area contributed by atoms with Gasteiger partial charge in [-0.1, -0.05) is 48.5 Å². The summed E-state index contributed by atoms with van der Waals surface area (Å²) in [6.07, 6.45) is 1.91. The van der Waals surface area contributed by atoms with Crippen molar-refractivity contribution < 1.29 is 14.3 Å². The van der Waals surface area contributed by atoms with Crippen LogP contribution in [0.4, 0.5) is 0 Å². The molecule has 1 aliphatic rings. The van der Waals surface area contributed by atoms with Crippen molar-refractivity contribution in [3.05, 3.63) is 76.2 Å².